The van der Waals surface area contributed by atoms with E-state index in [0.717, 1.165) is 19.1 Å². The first-order valence-electron chi connectivity index (χ1n) is 5.27. The molecule has 76 valence electrons. The highest BCUT2D eigenvalue weighted by molar-refractivity contribution is 4.93. The fraction of sp³-hybridized carbons (Fsp3) is 0.818. The first kappa shape index (κ1) is 10.7. The first-order chi connectivity index (χ1) is 6.20. The SMILES string of the molecule is C=CCN(C1CC1)C(CN)C(C)C. The maximum Gasteiger partial charge on any atom is 0.0247 e. The van der Waals surface area contributed by atoms with Crippen molar-refractivity contribution in [2.24, 2.45) is 11.7 Å². The molecule has 0 saturated heterocycles. The summed E-state index contributed by atoms with van der Waals surface area (Å²) in [6.45, 7) is 10.1. The lowest BCUT2D eigenvalue weighted by atomic mass is 10.0. The van der Waals surface area contributed by atoms with Crippen LogP contribution in [0.25, 0.3) is 0 Å². The van der Waals surface area contributed by atoms with Crippen LogP contribution < -0.4 is 5.73 Å². The third kappa shape index (κ3) is 2.82. The van der Waals surface area contributed by atoms with Gasteiger partial charge in [-0.1, -0.05) is 19.9 Å². The van der Waals surface area contributed by atoms with Crippen LogP contribution in [0.1, 0.15) is 26.7 Å². The Bertz CT molecular complexity index is 161. The van der Waals surface area contributed by atoms with Crippen LogP contribution in [-0.2, 0) is 0 Å². The fourth-order valence-corrected chi connectivity index (χ4v) is 1.90. The molecule has 0 amide bonds. The first-order valence-corrected chi connectivity index (χ1v) is 5.27. The topological polar surface area (TPSA) is 29.3 Å². The van der Waals surface area contributed by atoms with Crippen molar-refractivity contribution < 1.29 is 0 Å². The number of hydrogen-bond donors (Lipinski definition) is 1. The highest BCUT2D eigenvalue weighted by Gasteiger charge is 2.33. The van der Waals surface area contributed by atoms with Crippen LogP contribution in [-0.4, -0.2) is 30.1 Å². The van der Waals surface area contributed by atoms with Gasteiger partial charge in [0.25, 0.3) is 0 Å². The lowest BCUT2D eigenvalue weighted by molar-refractivity contribution is 0.168. The summed E-state index contributed by atoms with van der Waals surface area (Å²) in [5, 5.41) is 0. The fourth-order valence-electron chi connectivity index (χ4n) is 1.90. The summed E-state index contributed by atoms with van der Waals surface area (Å²) in [6, 6.07) is 1.32. The van der Waals surface area contributed by atoms with Gasteiger partial charge in [-0.2, -0.15) is 0 Å². The van der Waals surface area contributed by atoms with E-state index in [0.29, 0.717) is 12.0 Å². The van der Waals surface area contributed by atoms with E-state index in [2.05, 4.69) is 25.3 Å². The van der Waals surface area contributed by atoms with Crippen molar-refractivity contribution in [2.75, 3.05) is 13.1 Å². The average Bonchev–Trinajstić information content (AvgIpc) is 2.86. The molecule has 0 aromatic heterocycles. The minimum absolute atomic E-state index is 0.533. The monoisotopic (exact) mass is 182 g/mol. The quantitative estimate of drug-likeness (QED) is 0.632. The lowest BCUT2D eigenvalue weighted by Gasteiger charge is -2.32. The summed E-state index contributed by atoms with van der Waals surface area (Å²) in [4.78, 5) is 2.51. The van der Waals surface area contributed by atoms with Gasteiger partial charge in [0.1, 0.15) is 0 Å². The lowest BCUT2D eigenvalue weighted by Crippen LogP contribution is -2.45. The largest absolute Gasteiger partial charge is 0.329 e. The number of hydrogen-bond acceptors (Lipinski definition) is 2. The van der Waals surface area contributed by atoms with Crippen LogP contribution in [0.5, 0.6) is 0 Å². The molecule has 1 aliphatic carbocycles. The summed E-state index contributed by atoms with van der Waals surface area (Å²) >= 11 is 0. The van der Waals surface area contributed by atoms with E-state index in [1.807, 2.05) is 6.08 Å². The second-order valence-electron chi connectivity index (χ2n) is 4.26. The van der Waals surface area contributed by atoms with E-state index in [4.69, 9.17) is 5.73 Å². The molecular weight excluding hydrogens is 160 g/mol. The summed E-state index contributed by atoms with van der Waals surface area (Å²) < 4.78 is 0. The van der Waals surface area contributed by atoms with Gasteiger partial charge in [0, 0.05) is 25.2 Å². The van der Waals surface area contributed by atoms with E-state index >= 15 is 0 Å². The maximum absolute atomic E-state index is 5.79. The molecule has 1 unspecified atom stereocenters. The summed E-state index contributed by atoms with van der Waals surface area (Å²) in [7, 11) is 0. The Labute approximate surface area is 81.8 Å². The third-order valence-corrected chi connectivity index (χ3v) is 2.79. The van der Waals surface area contributed by atoms with Gasteiger partial charge in [-0.25, -0.2) is 0 Å². The molecule has 1 fully saturated rings. The molecule has 1 aliphatic rings. The second-order valence-corrected chi connectivity index (χ2v) is 4.26. The predicted molar refractivity (Wildman–Crippen MR) is 57.6 cm³/mol. The van der Waals surface area contributed by atoms with E-state index in [-0.39, 0.29) is 0 Å². The zero-order chi connectivity index (χ0) is 9.84. The molecule has 0 aliphatic heterocycles. The highest BCUT2D eigenvalue weighted by Crippen LogP contribution is 2.30. The van der Waals surface area contributed by atoms with Gasteiger partial charge in [-0.15, -0.1) is 6.58 Å². The molecule has 1 atom stereocenters. The summed E-state index contributed by atoms with van der Waals surface area (Å²) in [6.07, 6.45) is 4.68. The maximum atomic E-state index is 5.79. The van der Waals surface area contributed by atoms with Crippen molar-refractivity contribution in [1.29, 1.82) is 0 Å². The normalized spacial score (nSPS) is 19.5. The minimum atomic E-state index is 0.533. The van der Waals surface area contributed by atoms with Crippen LogP contribution in [0.2, 0.25) is 0 Å². The Morgan fingerprint density at radius 3 is 2.46 bits per heavy atom. The van der Waals surface area contributed by atoms with Crippen molar-refractivity contribution in [3.8, 4) is 0 Å². The standard InChI is InChI=1S/C11H22N2/c1-4-7-13(10-5-6-10)11(8-12)9(2)3/h4,9-11H,1,5-8,12H2,2-3H3. The van der Waals surface area contributed by atoms with E-state index in [1.165, 1.54) is 12.8 Å². The molecule has 0 aromatic rings. The van der Waals surface area contributed by atoms with Crippen molar-refractivity contribution in [3.05, 3.63) is 12.7 Å². The van der Waals surface area contributed by atoms with Crippen LogP contribution in [0.4, 0.5) is 0 Å². The van der Waals surface area contributed by atoms with E-state index < -0.39 is 0 Å². The Morgan fingerprint density at radius 1 is 1.54 bits per heavy atom. The molecule has 0 bridgehead atoms. The molecule has 0 aromatic carbocycles. The van der Waals surface area contributed by atoms with Crippen molar-refractivity contribution >= 4 is 0 Å². The average molecular weight is 182 g/mol. The van der Waals surface area contributed by atoms with E-state index in [9.17, 15) is 0 Å². The van der Waals surface area contributed by atoms with Gasteiger partial charge in [-0.3, -0.25) is 4.90 Å². The minimum Gasteiger partial charge on any atom is -0.329 e. The van der Waals surface area contributed by atoms with Gasteiger partial charge in [0.15, 0.2) is 0 Å². The molecule has 0 spiro atoms. The van der Waals surface area contributed by atoms with Crippen molar-refractivity contribution in [2.45, 2.75) is 38.8 Å². The van der Waals surface area contributed by atoms with Gasteiger partial charge in [0.2, 0.25) is 0 Å². The van der Waals surface area contributed by atoms with Crippen LogP contribution in [0, 0.1) is 5.92 Å². The number of nitrogens with two attached hydrogens (primary N) is 1. The molecule has 13 heavy (non-hydrogen) atoms. The Hall–Kier alpha value is -0.340. The molecule has 0 heterocycles. The molecule has 2 N–H and O–H groups in total. The zero-order valence-electron chi connectivity index (χ0n) is 8.87. The molecule has 0 radical (unpaired) electrons. The second kappa shape index (κ2) is 4.77. The van der Waals surface area contributed by atoms with Crippen LogP contribution in [0.15, 0.2) is 12.7 Å². The molecule has 2 heteroatoms. The van der Waals surface area contributed by atoms with Gasteiger partial charge in [0.05, 0.1) is 0 Å². The molecule has 1 rings (SSSR count). The predicted octanol–water partition coefficient (Wildman–Crippen LogP) is 1.62. The van der Waals surface area contributed by atoms with Crippen molar-refractivity contribution in [3.63, 3.8) is 0 Å². The summed E-state index contributed by atoms with van der Waals surface area (Å²) in [5.74, 6) is 0.644. The number of nitrogens with zero attached hydrogens (tertiary/aromatic N) is 1. The summed E-state index contributed by atoms with van der Waals surface area (Å²) in [5.41, 5.74) is 5.79. The molecule has 1 saturated carbocycles. The van der Waals surface area contributed by atoms with Crippen LogP contribution >= 0.6 is 0 Å². The number of rotatable bonds is 6. The van der Waals surface area contributed by atoms with Gasteiger partial charge in [-0.05, 0) is 18.8 Å². The Morgan fingerprint density at radius 2 is 2.15 bits per heavy atom. The third-order valence-electron chi connectivity index (χ3n) is 2.79. The van der Waals surface area contributed by atoms with E-state index in [1.54, 1.807) is 0 Å². The van der Waals surface area contributed by atoms with Gasteiger partial charge >= 0.3 is 0 Å². The molecular formula is C11H22N2. The van der Waals surface area contributed by atoms with Crippen LogP contribution in [0.3, 0.4) is 0 Å². The highest BCUT2D eigenvalue weighted by atomic mass is 15.2. The Balaban J connectivity index is 2.53. The zero-order valence-corrected chi connectivity index (χ0v) is 8.87. The Kier molecular flexibility index (Phi) is 3.94. The van der Waals surface area contributed by atoms with Crippen molar-refractivity contribution in [1.82, 2.24) is 4.90 Å². The smallest absolute Gasteiger partial charge is 0.0247 e. The van der Waals surface area contributed by atoms with Gasteiger partial charge < -0.3 is 5.73 Å². The molecule has 2 nitrogen and oxygen atoms in total.